The van der Waals surface area contributed by atoms with Gasteiger partial charge in [0.15, 0.2) is 0 Å². The van der Waals surface area contributed by atoms with Crippen LogP contribution in [0.1, 0.15) is 42.6 Å². The maximum absolute atomic E-state index is 6.20. The summed E-state index contributed by atoms with van der Waals surface area (Å²) in [5.74, 6) is 1.09. The van der Waals surface area contributed by atoms with Gasteiger partial charge in [-0.05, 0) is 23.5 Å². The molecule has 1 unspecified atom stereocenters. The largest absolute Gasteiger partial charge is 0.481 e. The lowest BCUT2D eigenvalue weighted by Crippen LogP contribution is -2.15. The summed E-state index contributed by atoms with van der Waals surface area (Å²) in [6.07, 6.45) is 2.23. The van der Waals surface area contributed by atoms with Gasteiger partial charge in [0.1, 0.15) is 6.33 Å². The van der Waals surface area contributed by atoms with Crippen LogP contribution in [0.15, 0.2) is 36.7 Å². The van der Waals surface area contributed by atoms with E-state index in [0.717, 1.165) is 12.1 Å². The van der Waals surface area contributed by atoms with Crippen molar-refractivity contribution in [1.82, 2.24) is 9.97 Å². The lowest BCUT2D eigenvalue weighted by Gasteiger charge is -2.12. The molecule has 20 heavy (non-hydrogen) atoms. The van der Waals surface area contributed by atoms with Crippen LogP contribution < -0.4 is 10.5 Å². The Hall–Kier alpha value is -1.94. The van der Waals surface area contributed by atoms with Gasteiger partial charge < -0.3 is 10.5 Å². The number of nitrogens with two attached hydrogens (primary N) is 1. The van der Waals surface area contributed by atoms with E-state index in [-0.39, 0.29) is 6.04 Å². The average molecular weight is 271 g/mol. The van der Waals surface area contributed by atoms with Crippen molar-refractivity contribution in [3.8, 4) is 5.88 Å². The van der Waals surface area contributed by atoms with E-state index in [1.54, 1.807) is 13.2 Å². The number of aromatic nitrogens is 2. The zero-order valence-corrected chi connectivity index (χ0v) is 12.2. The topological polar surface area (TPSA) is 61.0 Å². The summed E-state index contributed by atoms with van der Waals surface area (Å²) in [5.41, 5.74) is 9.55. The van der Waals surface area contributed by atoms with Crippen LogP contribution in [-0.4, -0.2) is 17.1 Å². The number of methoxy groups -OCH3 is 1. The van der Waals surface area contributed by atoms with E-state index < -0.39 is 0 Å². The summed E-state index contributed by atoms with van der Waals surface area (Å²) in [5, 5.41) is 0. The molecule has 1 heterocycles. The molecule has 4 nitrogen and oxygen atoms in total. The van der Waals surface area contributed by atoms with Crippen LogP contribution >= 0.6 is 0 Å². The van der Waals surface area contributed by atoms with E-state index >= 15 is 0 Å². The fourth-order valence-electron chi connectivity index (χ4n) is 2.07. The van der Waals surface area contributed by atoms with Crippen LogP contribution in [0.4, 0.5) is 0 Å². The molecule has 1 aromatic heterocycles. The summed E-state index contributed by atoms with van der Waals surface area (Å²) in [4.78, 5) is 8.20. The van der Waals surface area contributed by atoms with Crippen LogP contribution in [0.2, 0.25) is 0 Å². The molecule has 0 bridgehead atoms. The molecular formula is C16H21N3O. The molecular weight excluding hydrogens is 250 g/mol. The van der Waals surface area contributed by atoms with Crippen molar-refractivity contribution in [2.75, 3.05) is 7.11 Å². The first-order valence-corrected chi connectivity index (χ1v) is 6.80. The summed E-state index contributed by atoms with van der Waals surface area (Å²) < 4.78 is 5.09. The van der Waals surface area contributed by atoms with Gasteiger partial charge >= 0.3 is 0 Å². The summed E-state index contributed by atoms with van der Waals surface area (Å²) in [6.45, 7) is 4.38. The second-order valence-corrected chi connectivity index (χ2v) is 5.19. The third-order valence-corrected chi connectivity index (χ3v) is 3.35. The maximum Gasteiger partial charge on any atom is 0.216 e. The second-order valence-electron chi connectivity index (χ2n) is 5.19. The first kappa shape index (κ1) is 14.5. The summed E-state index contributed by atoms with van der Waals surface area (Å²) in [7, 11) is 1.59. The normalized spacial score (nSPS) is 12.4. The molecule has 2 rings (SSSR count). The van der Waals surface area contributed by atoms with Gasteiger partial charge in [0.25, 0.3) is 0 Å². The Morgan fingerprint density at radius 1 is 1.15 bits per heavy atom. The lowest BCUT2D eigenvalue weighted by atomic mass is 9.98. The molecule has 0 fully saturated rings. The molecule has 0 spiro atoms. The van der Waals surface area contributed by atoms with Crippen molar-refractivity contribution in [3.05, 3.63) is 53.5 Å². The van der Waals surface area contributed by atoms with Crippen LogP contribution in [0.25, 0.3) is 0 Å². The zero-order chi connectivity index (χ0) is 14.5. The maximum atomic E-state index is 6.20. The summed E-state index contributed by atoms with van der Waals surface area (Å²) in [6, 6.07) is 10.2. The van der Waals surface area contributed by atoms with Gasteiger partial charge in [-0.3, -0.25) is 0 Å². The van der Waals surface area contributed by atoms with Crippen LogP contribution in [0.3, 0.4) is 0 Å². The number of nitrogens with zero attached hydrogens (tertiary/aromatic N) is 2. The molecule has 0 aliphatic rings. The predicted octanol–water partition coefficient (Wildman–Crippen LogP) is 2.85. The minimum atomic E-state index is -0.156. The van der Waals surface area contributed by atoms with Crippen LogP contribution in [0.5, 0.6) is 5.88 Å². The van der Waals surface area contributed by atoms with Crippen molar-refractivity contribution < 1.29 is 4.74 Å². The van der Waals surface area contributed by atoms with Crippen molar-refractivity contribution in [2.24, 2.45) is 5.73 Å². The number of benzene rings is 1. The summed E-state index contributed by atoms with van der Waals surface area (Å²) >= 11 is 0. The Bertz CT molecular complexity index is 552. The second kappa shape index (κ2) is 6.48. The van der Waals surface area contributed by atoms with E-state index in [0.29, 0.717) is 11.8 Å². The Labute approximate surface area is 120 Å². The number of rotatable bonds is 5. The molecule has 1 aromatic carbocycles. The van der Waals surface area contributed by atoms with Gasteiger partial charge in [-0.2, -0.15) is 0 Å². The molecule has 106 valence electrons. The Morgan fingerprint density at radius 3 is 2.45 bits per heavy atom. The molecule has 0 saturated carbocycles. The fraction of sp³-hybridized carbons (Fsp3) is 0.375. The zero-order valence-electron chi connectivity index (χ0n) is 12.2. The highest BCUT2D eigenvalue weighted by molar-refractivity contribution is 5.26. The number of hydrogen-bond acceptors (Lipinski definition) is 4. The third kappa shape index (κ3) is 3.54. The quantitative estimate of drug-likeness (QED) is 0.908. The first-order chi connectivity index (χ1) is 9.60. The van der Waals surface area contributed by atoms with Crippen molar-refractivity contribution in [3.63, 3.8) is 0 Å². The molecule has 2 aromatic rings. The van der Waals surface area contributed by atoms with Gasteiger partial charge in [0.05, 0.1) is 18.8 Å². The van der Waals surface area contributed by atoms with Gasteiger partial charge in [-0.1, -0.05) is 38.1 Å². The lowest BCUT2D eigenvalue weighted by molar-refractivity contribution is 0.395. The molecule has 0 radical (unpaired) electrons. The van der Waals surface area contributed by atoms with Gasteiger partial charge in [-0.25, -0.2) is 9.97 Å². The predicted molar refractivity (Wildman–Crippen MR) is 79.7 cm³/mol. The average Bonchev–Trinajstić information content (AvgIpc) is 2.47. The first-order valence-electron chi connectivity index (χ1n) is 6.80. The standard InChI is InChI=1S/C16H21N3O/c1-11(2)13-6-4-12(5-7-13)8-14(17)15-9-16(20-3)19-10-18-15/h4-7,9-11,14H,8,17H2,1-3H3. The number of hydrogen-bond donors (Lipinski definition) is 1. The smallest absolute Gasteiger partial charge is 0.216 e. The minimum Gasteiger partial charge on any atom is -0.481 e. The highest BCUT2D eigenvalue weighted by Gasteiger charge is 2.10. The Balaban J connectivity index is 2.08. The van der Waals surface area contributed by atoms with E-state index in [2.05, 4.69) is 48.1 Å². The third-order valence-electron chi connectivity index (χ3n) is 3.35. The van der Waals surface area contributed by atoms with E-state index in [1.807, 2.05) is 0 Å². The molecule has 2 N–H and O–H groups in total. The van der Waals surface area contributed by atoms with Gasteiger partial charge in [-0.15, -0.1) is 0 Å². The highest BCUT2D eigenvalue weighted by atomic mass is 16.5. The van der Waals surface area contributed by atoms with E-state index in [9.17, 15) is 0 Å². The van der Waals surface area contributed by atoms with Crippen molar-refractivity contribution in [2.45, 2.75) is 32.2 Å². The molecule has 0 saturated heterocycles. The van der Waals surface area contributed by atoms with Gasteiger partial charge in [0, 0.05) is 6.07 Å². The van der Waals surface area contributed by atoms with Crippen LogP contribution in [-0.2, 0) is 6.42 Å². The highest BCUT2D eigenvalue weighted by Crippen LogP contribution is 2.19. The molecule has 0 aliphatic carbocycles. The minimum absolute atomic E-state index is 0.156. The van der Waals surface area contributed by atoms with Crippen molar-refractivity contribution >= 4 is 0 Å². The molecule has 1 atom stereocenters. The molecule has 0 amide bonds. The SMILES string of the molecule is COc1cc(C(N)Cc2ccc(C(C)C)cc2)ncn1. The number of ether oxygens (including phenoxy) is 1. The Morgan fingerprint density at radius 2 is 1.85 bits per heavy atom. The molecule has 0 aliphatic heterocycles. The molecule has 4 heteroatoms. The monoisotopic (exact) mass is 271 g/mol. The Kier molecular flexibility index (Phi) is 4.69. The van der Waals surface area contributed by atoms with E-state index in [1.165, 1.54) is 17.5 Å². The van der Waals surface area contributed by atoms with E-state index in [4.69, 9.17) is 10.5 Å². The van der Waals surface area contributed by atoms with Crippen molar-refractivity contribution in [1.29, 1.82) is 0 Å². The van der Waals surface area contributed by atoms with Crippen LogP contribution in [0, 0.1) is 0 Å². The fourth-order valence-corrected chi connectivity index (χ4v) is 2.07. The van der Waals surface area contributed by atoms with Gasteiger partial charge in [0.2, 0.25) is 5.88 Å².